The molecule has 5 N–H and O–H groups in total. The summed E-state index contributed by atoms with van der Waals surface area (Å²) in [6, 6.07) is 1.60. The first-order chi connectivity index (χ1) is 16.6. The standard InChI is InChI=1S/C22H24N2O10S2/c1-9(25)15(29)17-20(31,10(2)26)22(33,12(4)28)21(32,11(3)27)18(34-17)24-19-23-7-14(36-19)16(30)13-5-6-35-8-13/h5-8,15,17-18,29,31-33H,1-4H3,(H,23,24)/t15?,17-,18-,20-,21-,22+/m1/s1. The second-order valence-electron chi connectivity index (χ2n) is 8.42. The largest absolute Gasteiger partial charge is 0.382 e. The van der Waals surface area contributed by atoms with Crippen LogP contribution < -0.4 is 5.32 Å². The Hall–Kier alpha value is -2.72. The molecule has 2 aromatic heterocycles. The van der Waals surface area contributed by atoms with Crippen LogP contribution >= 0.6 is 22.7 Å². The topological polar surface area (TPSA) is 200 Å². The first-order valence-electron chi connectivity index (χ1n) is 10.5. The summed E-state index contributed by atoms with van der Waals surface area (Å²) < 4.78 is 5.50. The molecule has 0 saturated carbocycles. The second-order valence-corrected chi connectivity index (χ2v) is 10.2. The zero-order valence-corrected chi connectivity index (χ0v) is 21.2. The van der Waals surface area contributed by atoms with E-state index in [1.807, 2.05) is 0 Å². The Morgan fingerprint density at radius 3 is 2.11 bits per heavy atom. The molecule has 0 aromatic carbocycles. The number of Topliss-reactive ketones (excluding diaryl/α,β-unsaturated/α-hetero) is 4. The Bertz CT molecular complexity index is 1230. The van der Waals surface area contributed by atoms with Crippen LogP contribution in [-0.4, -0.2) is 89.6 Å². The number of thiazole rings is 1. The van der Waals surface area contributed by atoms with Crippen molar-refractivity contribution in [3.8, 4) is 0 Å². The maximum absolute atomic E-state index is 12.7. The van der Waals surface area contributed by atoms with E-state index in [0.29, 0.717) is 12.5 Å². The molecule has 6 atom stereocenters. The van der Waals surface area contributed by atoms with Crippen LogP contribution in [0.5, 0.6) is 0 Å². The Morgan fingerprint density at radius 2 is 1.64 bits per heavy atom. The van der Waals surface area contributed by atoms with E-state index in [2.05, 4.69) is 10.3 Å². The highest BCUT2D eigenvalue weighted by molar-refractivity contribution is 7.17. The fraction of sp³-hybridized carbons (Fsp3) is 0.455. The van der Waals surface area contributed by atoms with Crippen molar-refractivity contribution in [1.29, 1.82) is 0 Å². The zero-order valence-electron chi connectivity index (χ0n) is 19.5. The Labute approximate surface area is 212 Å². The number of carbonyl (C=O) groups is 5. The molecule has 3 rings (SSSR count). The Balaban J connectivity index is 2.15. The quantitative estimate of drug-likeness (QED) is 0.255. The lowest BCUT2D eigenvalue weighted by Gasteiger charge is -2.58. The predicted octanol–water partition coefficient (Wildman–Crippen LogP) is -0.517. The fourth-order valence-corrected chi connectivity index (χ4v) is 5.64. The molecule has 0 spiro atoms. The number of ketones is 5. The first-order valence-corrected chi connectivity index (χ1v) is 12.2. The molecule has 1 saturated heterocycles. The number of hydrogen-bond acceptors (Lipinski definition) is 14. The first kappa shape index (κ1) is 27.9. The average Bonchev–Trinajstić information content (AvgIpc) is 3.50. The summed E-state index contributed by atoms with van der Waals surface area (Å²) in [6.07, 6.45) is -5.45. The van der Waals surface area contributed by atoms with Gasteiger partial charge in [-0.1, -0.05) is 11.3 Å². The van der Waals surface area contributed by atoms with E-state index in [0.717, 1.165) is 32.1 Å². The Morgan fingerprint density at radius 1 is 1.03 bits per heavy atom. The molecular weight excluding hydrogens is 516 g/mol. The molecular formula is C22H24N2O10S2. The lowest BCUT2D eigenvalue weighted by Crippen LogP contribution is -2.88. The molecule has 0 bridgehead atoms. The van der Waals surface area contributed by atoms with Crippen molar-refractivity contribution in [3.63, 3.8) is 0 Å². The molecule has 0 aliphatic carbocycles. The van der Waals surface area contributed by atoms with Crippen molar-refractivity contribution in [2.45, 2.75) is 62.9 Å². The highest BCUT2D eigenvalue weighted by Crippen LogP contribution is 2.47. The van der Waals surface area contributed by atoms with Gasteiger partial charge in [-0.25, -0.2) is 4.98 Å². The van der Waals surface area contributed by atoms with Crippen molar-refractivity contribution in [2.24, 2.45) is 0 Å². The van der Waals surface area contributed by atoms with Crippen molar-refractivity contribution in [3.05, 3.63) is 33.5 Å². The third kappa shape index (κ3) is 3.94. The molecule has 36 heavy (non-hydrogen) atoms. The number of aliphatic hydroxyl groups excluding tert-OH is 1. The summed E-state index contributed by atoms with van der Waals surface area (Å²) in [5.74, 6) is -5.44. The van der Waals surface area contributed by atoms with E-state index in [9.17, 15) is 44.4 Å². The molecule has 194 valence electrons. The van der Waals surface area contributed by atoms with Gasteiger partial charge in [0.15, 0.2) is 40.1 Å². The van der Waals surface area contributed by atoms with Gasteiger partial charge < -0.3 is 30.5 Å². The van der Waals surface area contributed by atoms with E-state index in [1.54, 1.807) is 16.8 Å². The zero-order chi connectivity index (χ0) is 27.2. The van der Waals surface area contributed by atoms with Gasteiger partial charge in [-0.2, -0.15) is 11.3 Å². The number of anilines is 1. The van der Waals surface area contributed by atoms with Crippen molar-refractivity contribution >= 4 is 56.7 Å². The number of thiophene rings is 1. The van der Waals surface area contributed by atoms with Gasteiger partial charge in [0.25, 0.3) is 0 Å². The summed E-state index contributed by atoms with van der Waals surface area (Å²) in [4.78, 5) is 66.8. The van der Waals surface area contributed by atoms with Gasteiger partial charge in [0.05, 0.1) is 11.1 Å². The third-order valence-corrected chi connectivity index (χ3v) is 7.84. The minimum absolute atomic E-state index is 0.117. The maximum Gasteiger partial charge on any atom is 0.207 e. The summed E-state index contributed by atoms with van der Waals surface area (Å²) in [5.41, 5.74) is -9.89. The molecule has 0 amide bonds. The third-order valence-electron chi connectivity index (χ3n) is 6.23. The number of aliphatic hydroxyl groups is 4. The number of rotatable bonds is 9. The van der Waals surface area contributed by atoms with Gasteiger partial charge in [-0.15, -0.1) is 0 Å². The average molecular weight is 541 g/mol. The van der Waals surface area contributed by atoms with E-state index >= 15 is 0 Å². The van der Waals surface area contributed by atoms with Crippen LogP contribution in [-0.2, 0) is 23.9 Å². The number of nitrogens with one attached hydrogen (secondary N) is 1. The number of ether oxygens (including phenoxy) is 1. The number of aromatic nitrogens is 1. The van der Waals surface area contributed by atoms with Crippen LogP contribution in [0.4, 0.5) is 5.13 Å². The number of nitrogens with zero attached hydrogens (tertiary/aromatic N) is 1. The van der Waals surface area contributed by atoms with E-state index in [4.69, 9.17) is 4.74 Å². The lowest BCUT2D eigenvalue weighted by atomic mass is 9.59. The minimum atomic E-state index is -3.57. The van der Waals surface area contributed by atoms with E-state index in [1.165, 1.54) is 17.5 Å². The van der Waals surface area contributed by atoms with Crippen LogP contribution in [0.2, 0.25) is 0 Å². The molecule has 1 aliphatic rings. The molecule has 12 nitrogen and oxygen atoms in total. The van der Waals surface area contributed by atoms with Gasteiger partial charge in [0.1, 0.15) is 12.2 Å². The summed E-state index contributed by atoms with van der Waals surface area (Å²) in [5, 5.41) is 50.4. The van der Waals surface area contributed by atoms with Gasteiger partial charge in [0, 0.05) is 10.9 Å². The van der Waals surface area contributed by atoms with Crippen LogP contribution in [0.1, 0.15) is 42.9 Å². The lowest BCUT2D eigenvalue weighted by molar-refractivity contribution is -0.322. The van der Waals surface area contributed by atoms with Gasteiger partial charge >= 0.3 is 0 Å². The minimum Gasteiger partial charge on any atom is -0.382 e. The molecule has 0 radical (unpaired) electrons. The highest BCUT2D eigenvalue weighted by atomic mass is 32.1. The number of carbonyl (C=O) groups excluding carboxylic acids is 5. The van der Waals surface area contributed by atoms with Gasteiger partial charge in [-0.3, -0.25) is 24.0 Å². The summed E-state index contributed by atoms with van der Waals surface area (Å²) >= 11 is 2.09. The molecule has 3 heterocycles. The highest BCUT2D eigenvalue weighted by Gasteiger charge is 2.79. The van der Waals surface area contributed by atoms with Gasteiger partial charge in [0.2, 0.25) is 17.0 Å². The molecule has 1 fully saturated rings. The molecule has 1 unspecified atom stereocenters. The van der Waals surface area contributed by atoms with Crippen molar-refractivity contribution in [1.82, 2.24) is 4.98 Å². The second kappa shape index (κ2) is 9.63. The molecule has 2 aromatic rings. The van der Waals surface area contributed by atoms with Crippen LogP contribution in [0.25, 0.3) is 0 Å². The molecule has 14 heteroatoms. The van der Waals surface area contributed by atoms with Crippen LogP contribution in [0.3, 0.4) is 0 Å². The monoisotopic (exact) mass is 540 g/mol. The van der Waals surface area contributed by atoms with Gasteiger partial charge in [-0.05, 0) is 39.1 Å². The smallest absolute Gasteiger partial charge is 0.207 e. The number of hydrogen-bond donors (Lipinski definition) is 5. The summed E-state index contributed by atoms with van der Waals surface area (Å²) in [6.45, 7) is 3.12. The van der Waals surface area contributed by atoms with E-state index in [-0.39, 0.29) is 15.8 Å². The summed E-state index contributed by atoms with van der Waals surface area (Å²) in [7, 11) is 0. The Kier molecular flexibility index (Phi) is 7.45. The normalized spacial score (nSPS) is 30.9. The van der Waals surface area contributed by atoms with E-state index < -0.39 is 58.4 Å². The SMILES string of the molecule is CC(=O)C(O)[C@H]1O[C@@H](Nc2ncc(C(=O)c3ccsc3)s2)[C@](O)(C(C)=O)[C@](O)(C(C)=O)[C@@]1(O)C(C)=O. The predicted molar refractivity (Wildman–Crippen MR) is 126 cm³/mol. The van der Waals surface area contributed by atoms with Crippen molar-refractivity contribution < 1.29 is 49.1 Å². The fourth-order valence-electron chi connectivity index (χ4n) is 4.21. The van der Waals surface area contributed by atoms with Crippen LogP contribution in [0, 0.1) is 0 Å². The molecule has 1 aliphatic heterocycles. The van der Waals surface area contributed by atoms with Crippen molar-refractivity contribution in [2.75, 3.05) is 5.32 Å². The maximum atomic E-state index is 12.7. The van der Waals surface area contributed by atoms with Crippen LogP contribution in [0.15, 0.2) is 23.0 Å².